The monoisotopic (exact) mass is 246 g/mol. The lowest BCUT2D eigenvalue weighted by Gasteiger charge is -2.15. The molecule has 96 valence electrons. The Bertz CT molecular complexity index is 651. The Morgan fingerprint density at radius 2 is 1.83 bits per heavy atom. The van der Waals surface area contributed by atoms with Crippen molar-refractivity contribution in [2.45, 2.75) is 33.2 Å². The van der Waals surface area contributed by atoms with E-state index in [4.69, 9.17) is 0 Å². The minimum absolute atomic E-state index is 0.309. The first-order chi connectivity index (χ1) is 8.67. The summed E-state index contributed by atoms with van der Waals surface area (Å²) in [6, 6.07) is 7.24. The molecule has 1 heterocycles. The highest BCUT2D eigenvalue weighted by Gasteiger charge is 2.10. The highest BCUT2D eigenvalue weighted by atomic mass is 16.2. The Kier molecular flexibility index (Phi) is 3.65. The number of aromatic amines is 1. The van der Waals surface area contributed by atoms with Crippen LogP contribution in [0, 0.1) is 5.92 Å². The van der Waals surface area contributed by atoms with Crippen LogP contribution >= 0.6 is 0 Å². The van der Waals surface area contributed by atoms with E-state index >= 15 is 0 Å². The normalized spacial score (nSPS) is 11.3. The lowest BCUT2D eigenvalue weighted by molar-refractivity contribution is 0.415. The van der Waals surface area contributed by atoms with Gasteiger partial charge >= 0.3 is 5.69 Å². The molecule has 2 rings (SSSR count). The van der Waals surface area contributed by atoms with Crippen molar-refractivity contribution in [2.24, 2.45) is 5.92 Å². The molecule has 0 aliphatic carbocycles. The highest BCUT2D eigenvalue weighted by molar-refractivity contribution is 5.77. The molecular weight excluding hydrogens is 228 g/mol. The standard InChI is InChI=1S/C14H18N2O2/c1-3-10(4-2)9-16-12-8-6-5-7-11(12)13(17)15-14(16)18/h5-8,10H,3-4,9H2,1-2H3,(H,15,17,18). The van der Waals surface area contributed by atoms with Gasteiger partial charge in [-0.2, -0.15) is 0 Å². The van der Waals surface area contributed by atoms with Gasteiger partial charge in [-0.3, -0.25) is 14.3 Å². The van der Waals surface area contributed by atoms with Gasteiger partial charge in [0.25, 0.3) is 5.56 Å². The second kappa shape index (κ2) is 5.21. The molecule has 18 heavy (non-hydrogen) atoms. The van der Waals surface area contributed by atoms with Crippen molar-refractivity contribution in [2.75, 3.05) is 0 Å². The Labute approximate surface area is 105 Å². The van der Waals surface area contributed by atoms with Gasteiger partial charge in [0.15, 0.2) is 0 Å². The van der Waals surface area contributed by atoms with Gasteiger partial charge in [-0.05, 0) is 18.1 Å². The van der Waals surface area contributed by atoms with Gasteiger partial charge in [-0.1, -0.05) is 38.8 Å². The summed E-state index contributed by atoms with van der Waals surface area (Å²) in [4.78, 5) is 26.0. The van der Waals surface area contributed by atoms with Crippen molar-refractivity contribution < 1.29 is 0 Å². The fourth-order valence-electron chi connectivity index (χ4n) is 2.23. The molecule has 0 atom stereocenters. The molecule has 0 unspecified atom stereocenters. The van der Waals surface area contributed by atoms with Crippen LogP contribution in [0.4, 0.5) is 0 Å². The van der Waals surface area contributed by atoms with Crippen molar-refractivity contribution in [3.63, 3.8) is 0 Å². The SMILES string of the molecule is CCC(CC)Cn1c(=O)[nH]c(=O)c2ccccc21. The van der Waals surface area contributed by atoms with E-state index in [1.165, 1.54) is 0 Å². The molecule has 1 aromatic heterocycles. The molecular formula is C14H18N2O2. The molecule has 2 aromatic rings. The number of aromatic nitrogens is 2. The number of hydrogen-bond donors (Lipinski definition) is 1. The first-order valence-corrected chi connectivity index (χ1v) is 6.39. The van der Waals surface area contributed by atoms with Crippen LogP contribution in [0.25, 0.3) is 10.9 Å². The molecule has 0 amide bonds. The summed E-state index contributed by atoms with van der Waals surface area (Å²) in [7, 11) is 0. The summed E-state index contributed by atoms with van der Waals surface area (Å²) in [5.74, 6) is 0.456. The Morgan fingerprint density at radius 3 is 2.50 bits per heavy atom. The van der Waals surface area contributed by atoms with Gasteiger partial charge in [0, 0.05) is 6.54 Å². The van der Waals surface area contributed by atoms with Crippen LogP contribution in [-0.4, -0.2) is 9.55 Å². The zero-order valence-corrected chi connectivity index (χ0v) is 10.8. The maximum atomic E-state index is 11.9. The number of rotatable bonds is 4. The Morgan fingerprint density at radius 1 is 1.17 bits per heavy atom. The van der Waals surface area contributed by atoms with Gasteiger partial charge in [-0.15, -0.1) is 0 Å². The van der Waals surface area contributed by atoms with Crippen LogP contribution in [0.2, 0.25) is 0 Å². The zero-order chi connectivity index (χ0) is 13.1. The summed E-state index contributed by atoms with van der Waals surface area (Å²) in [6.07, 6.45) is 2.05. The number of fused-ring (bicyclic) bond motifs is 1. The highest BCUT2D eigenvalue weighted by Crippen LogP contribution is 2.13. The van der Waals surface area contributed by atoms with Crippen LogP contribution in [0.5, 0.6) is 0 Å². The van der Waals surface area contributed by atoms with Crippen molar-refractivity contribution in [1.82, 2.24) is 9.55 Å². The van der Waals surface area contributed by atoms with E-state index in [9.17, 15) is 9.59 Å². The first kappa shape index (κ1) is 12.6. The molecule has 4 heteroatoms. The van der Waals surface area contributed by atoms with E-state index in [1.807, 2.05) is 18.2 Å². The Hall–Kier alpha value is -1.84. The molecule has 0 radical (unpaired) electrons. The minimum atomic E-state index is -0.314. The summed E-state index contributed by atoms with van der Waals surface area (Å²) < 4.78 is 1.67. The fourth-order valence-corrected chi connectivity index (χ4v) is 2.23. The van der Waals surface area contributed by atoms with Crippen LogP contribution in [0.15, 0.2) is 33.9 Å². The molecule has 0 aliphatic rings. The fraction of sp³-hybridized carbons (Fsp3) is 0.429. The van der Waals surface area contributed by atoms with Crippen LogP contribution in [-0.2, 0) is 6.54 Å². The second-order valence-electron chi connectivity index (χ2n) is 4.57. The molecule has 1 N–H and O–H groups in total. The topological polar surface area (TPSA) is 54.9 Å². The molecule has 1 aromatic carbocycles. The average Bonchev–Trinajstić information content (AvgIpc) is 2.39. The lowest BCUT2D eigenvalue weighted by atomic mass is 10.0. The third-order valence-corrected chi connectivity index (χ3v) is 3.50. The van der Waals surface area contributed by atoms with Crippen molar-refractivity contribution in [1.29, 1.82) is 0 Å². The van der Waals surface area contributed by atoms with Crippen LogP contribution < -0.4 is 11.2 Å². The van der Waals surface area contributed by atoms with E-state index in [-0.39, 0.29) is 11.2 Å². The number of nitrogens with one attached hydrogen (secondary N) is 1. The number of para-hydroxylation sites is 1. The van der Waals surface area contributed by atoms with E-state index in [2.05, 4.69) is 18.8 Å². The first-order valence-electron chi connectivity index (χ1n) is 6.39. The zero-order valence-electron chi connectivity index (χ0n) is 10.8. The molecule has 0 aliphatic heterocycles. The second-order valence-corrected chi connectivity index (χ2v) is 4.57. The predicted octanol–water partition coefficient (Wildman–Crippen LogP) is 2.13. The van der Waals surface area contributed by atoms with E-state index in [0.717, 1.165) is 18.4 Å². The van der Waals surface area contributed by atoms with Gasteiger partial charge < -0.3 is 0 Å². The van der Waals surface area contributed by atoms with Crippen molar-refractivity contribution in [3.05, 3.63) is 45.1 Å². The largest absolute Gasteiger partial charge is 0.328 e. The van der Waals surface area contributed by atoms with Crippen molar-refractivity contribution >= 4 is 10.9 Å². The maximum Gasteiger partial charge on any atom is 0.328 e. The lowest BCUT2D eigenvalue weighted by Crippen LogP contribution is -2.32. The summed E-state index contributed by atoms with van der Waals surface area (Å²) in [5.41, 5.74) is 0.0974. The third kappa shape index (κ3) is 2.23. The van der Waals surface area contributed by atoms with Gasteiger partial charge in [0.2, 0.25) is 0 Å². The Balaban J connectivity index is 2.63. The third-order valence-electron chi connectivity index (χ3n) is 3.50. The van der Waals surface area contributed by atoms with Gasteiger partial charge in [0.05, 0.1) is 10.9 Å². The number of hydrogen-bond acceptors (Lipinski definition) is 2. The number of H-pyrrole nitrogens is 1. The number of benzene rings is 1. The molecule has 0 bridgehead atoms. The molecule has 0 fully saturated rings. The predicted molar refractivity (Wildman–Crippen MR) is 72.9 cm³/mol. The molecule has 0 saturated heterocycles. The van der Waals surface area contributed by atoms with Crippen LogP contribution in [0.3, 0.4) is 0 Å². The molecule has 0 spiro atoms. The summed E-state index contributed by atoms with van der Waals surface area (Å²) in [5, 5.41) is 0.572. The maximum absolute atomic E-state index is 11.9. The molecule has 0 saturated carbocycles. The number of nitrogens with zero attached hydrogens (tertiary/aromatic N) is 1. The van der Waals surface area contributed by atoms with Crippen LogP contribution in [0.1, 0.15) is 26.7 Å². The van der Waals surface area contributed by atoms with E-state index in [0.29, 0.717) is 17.8 Å². The quantitative estimate of drug-likeness (QED) is 0.898. The molecule has 4 nitrogen and oxygen atoms in total. The van der Waals surface area contributed by atoms with E-state index in [1.54, 1.807) is 10.6 Å². The summed E-state index contributed by atoms with van der Waals surface area (Å²) >= 11 is 0. The summed E-state index contributed by atoms with van der Waals surface area (Å²) in [6.45, 7) is 4.89. The van der Waals surface area contributed by atoms with Gasteiger partial charge in [0.1, 0.15) is 0 Å². The average molecular weight is 246 g/mol. The minimum Gasteiger partial charge on any atom is -0.293 e. The smallest absolute Gasteiger partial charge is 0.293 e. The van der Waals surface area contributed by atoms with E-state index < -0.39 is 0 Å². The van der Waals surface area contributed by atoms with Crippen molar-refractivity contribution in [3.8, 4) is 0 Å². The van der Waals surface area contributed by atoms with Gasteiger partial charge in [-0.25, -0.2) is 4.79 Å².